The Kier molecular flexibility index (Phi) is 4.02. The number of fused-ring (bicyclic) bond motifs is 1. The number of pyridine rings is 1. The number of likely N-dealkylation sites (N-methyl/N-ethyl adjacent to an activating group) is 1. The molecule has 2 rings (SSSR count). The van der Waals surface area contributed by atoms with Crippen LogP contribution >= 0.6 is 0 Å². The van der Waals surface area contributed by atoms with Crippen molar-refractivity contribution in [1.82, 2.24) is 14.3 Å². The Labute approximate surface area is 120 Å². The van der Waals surface area contributed by atoms with Gasteiger partial charge in [-0.2, -0.15) is 0 Å². The maximum Gasteiger partial charge on any atom is 0.323 e. The lowest BCUT2D eigenvalue weighted by Crippen LogP contribution is -2.39. The average molecular weight is 289 g/mol. The molecule has 2 heterocycles. The van der Waals surface area contributed by atoms with Crippen molar-refractivity contribution in [3.05, 3.63) is 46.0 Å². The first kappa shape index (κ1) is 14.7. The molecule has 0 radical (unpaired) electrons. The molecule has 0 aliphatic carbocycles. The van der Waals surface area contributed by atoms with Crippen molar-refractivity contribution < 1.29 is 14.7 Å². The van der Waals surface area contributed by atoms with Crippen molar-refractivity contribution in [3.8, 4) is 0 Å². The monoisotopic (exact) mass is 289 g/mol. The molecule has 7 heteroatoms. The van der Waals surface area contributed by atoms with Gasteiger partial charge in [-0.1, -0.05) is 0 Å². The van der Waals surface area contributed by atoms with Gasteiger partial charge in [-0.3, -0.25) is 18.8 Å². The first-order valence-corrected chi connectivity index (χ1v) is 6.43. The zero-order valence-electron chi connectivity index (χ0n) is 11.7. The van der Waals surface area contributed by atoms with E-state index in [2.05, 4.69) is 4.98 Å². The van der Waals surface area contributed by atoms with E-state index in [1.165, 1.54) is 10.6 Å². The Morgan fingerprint density at radius 3 is 2.76 bits per heavy atom. The van der Waals surface area contributed by atoms with Crippen LogP contribution in [0.4, 0.5) is 0 Å². The van der Waals surface area contributed by atoms with E-state index in [1.54, 1.807) is 25.3 Å². The lowest BCUT2D eigenvalue weighted by Gasteiger charge is -2.18. The number of hydrogen-bond acceptors (Lipinski definition) is 4. The summed E-state index contributed by atoms with van der Waals surface area (Å²) in [6.45, 7) is 3.26. The molecule has 1 N–H and O–H groups in total. The number of carbonyl (C=O) groups excluding carboxylic acids is 1. The Morgan fingerprint density at radius 1 is 1.43 bits per heavy atom. The van der Waals surface area contributed by atoms with Crippen molar-refractivity contribution >= 4 is 17.5 Å². The summed E-state index contributed by atoms with van der Waals surface area (Å²) < 4.78 is 1.27. The molecule has 0 saturated carbocycles. The summed E-state index contributed by atoms with van der Waals surface area (Å²) in [5.41, 5.74) is 0.744. The fourth-order valence-corrected chi connectivity index (χ4v) is 1.98. The van der Waals surface area contributed by atoms with Crippen molar-refractivity contribution in [2.24, 2.45) is 0 Å². The van der Waals surface area contributed by atoms with Crippen LogP contribution in [0.2, 0.25) is 0 Å². The molecule has 0 fully saturated rings. The largest absolute Gasteiger partial charge is 0.480 e. The molecule has 0 aliphatic rings. The minimum absolute atomic E-state index is 0.139. The fraction of sp³-hybridized carbons (Fsp3) is 0.286. The summed E-state index contributed by atoms with van der Waals surface area (Å²) in [5, 5.41) is 8.79. The van der Waals surface area contributed by atoms with Gasteiger partial charge >= 0.3 is 5.97 Å². The van der Waals surface area contributed by atoms with Crippen LogP contribution in [0.25, 0.3) is 5.65 Å². The van der Waals surface area contributed by atoms with Crippen molar-refractivity contribution in [2.75, 3.05) is 13.1 Å². The van der Waals surface area contributed by atoms with Gasteiger partial charge in [0.15, 0.2) is 0 Å². The summed E-state index contributed by atoms with van der Waals surface area (Å²) in [5.74, 6) is -1.76. The Morgan fingerprint density at radius 2 is 2.14 bits per heavy atom. The predicted molar refractivity (Wildman–Crippen MR) is 75.4 cm³/mol. The quantitative estimate of drug-likeness (QED) is 0.887. The number of amides is 1. The van der Waals surface area contributed by atoms with Gasteiger partial charge in [0.1, 0.15) is 17.8 Å². The molecule has 1 amide bonds. The molecular formula is C14H15N3O4. The topological polar surface area (TPSA) is 92.0 Å². The second-order valence-corrected chi connectivity index (χ2v) is 4.62. The van der Waals surface area contributed by atoms with Gasteiger partial charge in [-0.05, 0) is 31.5 Å². The standard InChI is InChI=1S/C14H15N3O4/c1-3-16(8-12(18)19)13(20)10-7-15-11-6-9(2)4-5-17(11)14(10)21/h4-7H,3,8H2,1-2H3,(H,18,19). The second kappa shape index (κ2) is 5.74. The SMILES string of the molecule is CCN(CC(=O)O)C(=O)c1cnc2cc(C)ccn2c1=O. The van der Waals surface area contributed by atoms with E-state index in [-0.39, 0.29) is 12.1 Å². The molecule has 2 aromatic rings. The van der Waals surface area contributed by atoms with Crippen molar-refractivity contribution in [2.45, 2.75) is 13.8 Å². The van der Waals surface area contributed by atoms with Crippen LogP contribution in [0.15, 0.2) is 29.3 Å². The highest BCUT2D eigenvalue weighted by molar-refractivity contribution is 5.95. The number of nitrogens with zero attached hydrogens (tertiary/aromatic N) is 3. The molecule has 0 aromatic carbocycles. The van der Waals surface area contributed by atoms with Crippen LogP contribution in [-0.4, -0.2) is 44.4 Å². The van der Waals surface area contributed by atoms with Crippen LogP contribution in [0.1, 0.15) is 22.8 Å². The maximum absolute atomic E-state index is 12.3. The lowest BCUT2D eigenvalue weighted by molar-refractivity contribution is -0.137. The smallest absolute Gasteiger partial charge is 0.323 e. The number of carboxylic acids is 1. The third kappa shape index (κ3) is 2.91. The number of aliphatic carboxylic acids is 1. The molecule has 0 aliphatic heterocycles. The number of aryl methyl sites for hydroxylation is 1. The molecule has 0 spiro atoms. The summed E-state index contributed by atoms with van der Waals surface area (Å²) >= 11 is 0. The number of carbonyl (C=O) groups is 2. The van der Waals surface area contributed by atoms with E-state index in [9.17, 15) is 14.4 Å². The molecule has 21 heavy (non-hydrogen) atoms. The lowest BCUT2D eigenvalue weighted by atomic mass is 10.2. The van der Waals surface area contributed by atoms with Gasteiger partial charge < -0.3 is 10.0 Å². The molecule has 0 bridgehead atoms. The third-order valence-corrected chi connectivity index (χ3v) is 3.09. The van der Waals surface area contributed by atoms with Crippen molar-refractivity contribution in [3.63, 3.8) is 0 Å². The summed E-state index contributed by atoms with van der Waals surface area (Å²) in [4.78, 5) is 40.5. The second-order valence-electron chi connectivity index (χ2n) is 4.62. The highest BCUT2D eigenvalue weighted by Gasteiger charge is 2.21. The van der Waals surface area contributed by atoms with Gasteiger partial charge in [0, 0.05) is 18.9 Å². The molecule has 0 saturated heterocycles. The van der Waals surface area contributed by atoms with Gasteiger partial charge in [0.25, 0.3) is 11.5 Å². The molecule has 7 nitrogen and oxygen atoms in total. The Bertz CT molecular complexity index is 766. The zero-order valence-corrected chi connectivity index (χ0v) is 11.7. The predicted octanol–water partition coefficient (Wildman–Crippen LogP) is 0.550. The van der Waals surface area contributed by atoms with Crippen LogP contribution in [-0.2, 0) is 4.79 Å². The number of rotatable bonds is 4. The minimum Gasteiger partial charge on any atom is -0.480 e. The average Bonchev–Trinajstić information content (AvgIpc) is 2.44. The molecular weight excluding hydrogens is 274 g/mol. The third-order valence-electron chi connectivity index (χ3n) is 3.09. The molecule has 110 valence electrons. The first-order chi connectivity index (χ1) is 9.93. The molecule has 0 atom stereocenters. The van der Waals surface area contributed by atoms with E-state index in [4.69, 9.17) is 5.11 Å². The van der Waals surface area contributed by atoms with Crippen LogP contribution in [0.5, 0.6) is 0 Å². The first-order valence-electron chi connectivity index (χ1n) is 6.43. The fourth-order valence-electron chi connectivity index (χ4n) is 1.98. The number of hydrogen-bond donors (Lipinski definition) is 1. The Hall–Kier alpha value is -2.70. The highest BCUT2D eigenvalue weighted by atomic mass is 16.4. The van der Waals surface area contributed by atoms with Gasteiger partial charge in [-0.25, -0.2) is 4.98 Å². The van der Waals surface area contributed by atoms with Crippen molar-refractivity contribution in [1.29, 1.82) is 0 Å². The highest BCUT2D eigenvalue weighted by Crippen LogP contribution is 2.04. The summed E-state index contributed by atoms with van der Waals surface area (Å²) in [6.07, 6.45) is 2.74. The van der Waals surface area contributed by atoms with E-state index in [0.717, 1.165) is 10.5 Å². The van der Waals surface area contributed by atoms with Gasteiger partial charge in [-0.15, -0.1) is 0 Å². The summed E-state index contributed by atoms with van der Waals surface area (Å²) in [7, 11) is 0. The van der Waals surface area contributed by atoms with E-state index in [1.807, 2.05) is 6.92 Å². The van der Waals surface area contributed by atoms with E-state index in [0.29, 0.717) is 5.65 Å². The summed E-state index contributed by atoms with van der Waals surface area (Å²) in [6, 6.07) is 3.46. The van der Waals surface area contributed by atoms with Crippen LogP contribution in [0, 0.1) is 6.92 Å². The van der Waals surface area contributed by atoms with E-state index >= 15 is 0 Å². The number of aromatic nitrogens is 2. The van der Waals surface area contributed by atoms with Gasteiger partial charge in [0.2, 0.25) is 0 Å². The van der Waals surface area contributed by atoms with Gasteiger partial charge in [0.05, 0.1) is 0 Å². The van der Waals surface area contributed by atoms with Crippen LogP contribution < -0.4 is 5.56 Å². The normalized spacial score (nSPS) is 10.6. The van der Waals surface area contributed by atoms with E-state index < -0.39 is 24.0 Å². The molecule has 0 unspecified atom stereocenters. The minimum atomic E-state index is -1.13. The maximum atomic E-state index is 12.3. The zero-order chi connectivity index (χ0) is 15.6. The molecule has 2 aromatic heterocycles. The number of carboxylic acid groups (broad SMARTS) is 1. The Balaban J connectivity index is 2.49. The van der Waals surface area contributed by atoms with Crippen LogP contribution in [0.3, 0.4) is 0 Å².